The van der Waals surface area contributed by atoms with Gasteiger partial charge in [0.2, 0.25) is 70.9 Å². The van der Waals surface area contributed by atoms with Crippen molar-refractivity contribution in [1.82, 2.24) is 60.0 Å². The first-order chi connectivity index (χ1) is 45.7. The number of likely N-dealkylation sites (N-methyl/N-ethyl adjacent to an activating group) is 7. The SMILES string of the molecule is CCC[C@H]1C(=O)N(C)CC(=O)N[C@@H](CCC2CCC(C(F)(F)F)C(Cl)C2)C(=O)N2CCC[C@H]2C(=O)NC2(CCCC2)C(=O)N(C)[C@@H](C2CCCCC2)C(=O)N(C)[C@H](C(=O)N2CCCCC2)CC(=O)N(C)[C@@H](CC(C)C)C(=O)N[C@@H]([C@@H](C)CC)C(=O)N(C)CC(=O)N(C)CC(=O)N1C. The predicted molar refractivity (Wildman–Crippen MR) is 358 cm³/mol. The summed E-state index contributed by atoms with van der Waals surface area (Å²) in [6.07, 6.45) is 3.84. The number of piperidine rings is 1. The van der Waals surface area contributed by atoms with Crippen LogP contribution in [-0.2, 0) is 57.5 Å². The number of carbonyl (C=O) groups is 12. The third-order valence-electron chi connectivity index (χ3n) is 21.7. The number of hydrogen-bond donors (Lipinski definition) is 3. The molecule has 3 aliphatic heterocycles. The van der Waals surface area contributed by atoms with E-state index in [4.69, 9.17) is 11.6 Å². The first-order valence-electron chi connectivity index (χ1n) is 35.7. The molecule has 3 saturated heterocycles. The van der Waals surface area contributed by atoms with Crippen molar-refractivity contribution in [3.8, 4) is 0 Å². The number of amides is 12. The van der Waals surface area contributed by atoms with Crippen LogP contribution in [0.4, 0.5) is 13.2 Å². The van der Waals surface area contributed by atoms with Crippen LogP contribution in [0.1, 0.15) is 189 Å². The molecule has 3 N–H and O–H groups in total. The van der Waals surface area contributed by atoms with Crippen LogP contribution in [0.15, 0.2) is 0 Å². The van der Waals surface area contributed by atoms with Gasteiger partial charge < -0.3 is 60.0 Å². The molecular weight excluding hydrogens is 1280 g/mol. The molecule has 0 radical (unpaired) electrons. The minimum atomic E-state index is -4.51. The molecule has 97 heavy (non-hydrogen) atoms. The average molecular weight is 1390 g/mol. The minimum Gasteiger partial charge on any atom is -0.343 e. The molecule has 1 spiro atoms. The van der Waals surface area contributed by atoms with Gasteiger partial charge in [0, 0.05) is 74.3 Å². The maximum absolute atomic E-state index is 15.8. The number of fused-ring (bicyclic) bond motifs is 1. The maximum atomic E-state index is 15.8. The second-order valence-electron chi connectivity index (χ2n) is 29.3. The second-order valence-corrected chi connectivity index (χ2v) is 29.9. The number of rotatable bonds is 11. The number of nitrogens with one attached hydrogen (secondary N) is 3. The fraction of sp³-hybridized carbons (Fsp3) is 0.826. The number of alkyl halides is 4. The van der Waals surface area contributed by atoms with Gasteiger partial charge in [-0.1, -0.05) is 79.6 Å². The van der Waals surface area contributed by atoms with Crippen molar-refractivity contribution in [1.29, 1.82) is 0 Å². The summed E-state index contributed by atoms with van der Waals surface area (Å²) in [7, 11) is 9.94. The van der Waals surface area contributed by atoms with Crippen LogP contribution < -0.4 is 16.0 Å². The fourth-order valence-corrected chi connectivity index (χ4v) is 15.9. The molecule has 12 amide bonds. The molecule has 0 aromatic carbocycles. The first-order valence-corrected chi connectivity index (χ1v) is 36.1. The molecule has 3 unspecified atom stereocenters. The fourth-order valence-electron chi connectivity index (χ4n) is 15.4. The molecule has 11 atom stereocenters. The van der Waals surface area contributed by atoms with Gasteiger partial charge in [-0.25, -0.2) is 0 Å². The average Bonchev–Trinajstić information content (AvgIpc) is 1.76. The van der Waals surface area contributed by atoms with Crippen LogP contribution in [0.5, 0.6) is 0 Å². The first kappa shape index (κ1) is 79.7. The van der Waals surface area contributed by atoms with E-state index < -0.39 is 174 Å². The van der Waals surface area contributed by atoms with E-state index in [0.717, 1.165) is 40.4 Å². The van der Waals surface area contributed by atoms with Crippen LogP contribution in [0.25, 0.3) is 0 Å². The number of hydrogen-bond acceptors (Lipinski definition) is 12. The van der Waals surface area contributed by atoms with E-state index in [-0.39, 0.29) is 82.6 Å². The second kappa shape index (κ2) is 35.7. The van der Waals surface area contributed by atoms with Gasteiger partial charge in [0.1, 0.15) is 47.8 Å². The summed E-state index contributed by atoms with van der Waals surface area (Å²) >= 11 is 6.37. The Bertz CT molecular complexity index is 2800. The monoisotopic (exact) mass is 1390 g/mol. The summed E-state index contributed by atoms with van der Waals surface area (Å²) in [5.74, 6) is -10.7. The highest BCUT2D eigenvalue weighted by molar-refractivity contribution is 6.21. The van der Waals surface area contributed by atoms with Gasteiger partial charge >= 0.3 is 6.18 Å². The van der Waals surface area contributed by atoms with E-state index >= 15 is 28.8 Å². The Kier molecular flexibility index (Phi) is 29.3. The molecule has 3 heterocycles. The molecule has 6 fully saturated rings. The van der Waals surface area contributed by atoms with Gasteiger partial charge in [0.25, 0.3) is 0 Å². The Labute approximate surface area is 577 Å². The Morgan fingerprint density at radius 1 is 0.598 bits per heavy atom. The zero-order valence-electron chi connectivity index (χ0n) is 59.7. The molecule has 3 aliphatic carbocycles. The number of halogens is 4. The third-order valence-corrected chi connectivity index (χ3v) is 22.2. The quantitative estimate of drug-likeness (QED) is 0.222. The van der Waals surface area contributed by atoms with Gasteiger partial charge in [0.05, 0.1) is 32.0 Å². The van der Waals surface area contributed by atoms with Gasteiger partial charge in [0.15, 0.2) is 0 Å². The Morgan fingerprint density at radius 3 is 1.80 bits per heavy atom. The summed E-state index contributed by atoms with van der Waals surface area (Å²) in [6.45, 7) is 8.31. The molecule has 28 heteroatoms. The highest BCUT2D eigenvalue weighted by Gasteiger charge is 2.52. The largest absolute Gasteiger partial charge is 0.393 e. The Hall–Kier alpha value is -6.28. The van der Waals surface area contributed by atoms with Crippen molar-refractivity contribution >= 4 is 82.5 Å². The van der Waals surface area contributed by atoms with Gasteiger partial charge in [-0.05, 0) is 126 Å². The van der Waals surface area contributed by atoms with Crippen LogP contribution in [0, 0.1) is 29.6 Å². The number of nitrogens with zero attached hydrogens (tertiary/aromatic N) is 9. The van der Waals surface area contributed by atoms with Crippen molar-refractivity contribution in [2.75, 3.05) is 88.6 Å². The lowest BCUT2D eigenvalue weighted by molar-refractivity contribution is -0.182. The van der Waals surface area contributed by atoms with E-state index in [9.17, 15) is 41.9 Å². The smallest absolute Gasteiger partial charge is 0.343 e. The zero-order valence-corrected chi connectivity index (χ0v) is 60.4. The van der Waals surface area contributed by atoms with Crippen LogP contribution in [0.2, 0.25) is 0 Å². The van der Waals surface area contributed by atoms with E-state index in [1.807, 2.05) is 20.8 Å². The molecule has 3 saturated carbocycles. The minimum absolute atomic E-state index is 0.000424. The van der Waals surface area contributed by atoms with E-state index in [1.165, 1.54) is 73.8 Å². The molecule has 6 rings (SSSR count). The van der Waals surface area contributed by atoms with E-state index in [0.29, 0.717) is 70.9 Å². The van der Waals surface area contributed by atoms with Crippen molar-refractivity contribution < 1.29 is 70.7 Å². The van der Waals surface area contributed by atoms with E-state index in [2.05, 4.69) is 16.0 Å². The lowest BCUT2D eigenvalue weighted by Gasteiger charge is -2.43. The van der Waals surface area contributed by atoms with Crippen molar-refractivity contribution in [3.05, 3.63) is 0 Å². The standard InChI is InChI=1S/C69H112ClF3N12O12/c1-13-24-51-63(93)78(7)40-54(86)74-49(31-29-45-28-30-47(48(70)38-45)69(71,72)73)62(92)85-36-23-27-50(85)61(91)76-68(32-19-20-33-68)67(97)83(12)59(46-25-17-15-18-26-46)66(96)82(11)53(64(94)84-34-21-16-22-35-84)39-55(87)81(10)52(37-43(3)4)60(90)75-58(44(5)14-2)65(95)79(8)41-56(88)77(6)42-57(89)80(51)9/h43-53,58-59H,13-42H2,1-12H3,(H,74,86)(H,75,90)(H,76,91)/t44-,45?,47?,48?,49-,50-,51-,52-,53-,58-,59-/m0/s1. The summed E-state index contributed by atoms with van der Waals surface area (Å²) < 4.78 is 41.8. The summed E-state index contributed by atoms with van der Waals surface area (Å²) in [4.78, 5) is 189. The van der Waals surface area contributed by atoms with Gasteiger partial charge in [-0.15, -0.1) is 11.6 Å². The van der Waals surface area contributed by atoms with Gasteiger partial charge in [-0.2, -0.15) is 13.2 Å². The Balaban J connectivity index is 1.41. The van der Waals surface area contributed by atoms with Crippen molar-refractivity contribution in [3.63, 3.8) is 0 Å². The van der Waals surface area contributed by atoms with Crippen LogP contribution in [0.3, 0.4) is 0 Å². The maximum Gasteiger partial charge on any atom is 0.393 e. The molecule has 0 bridgehead atoms. The molecule has 6 aliphatic rings. The third kappa shape index (κ3) is 20.2. The summed E-state index contributed by atoms with van der Waals surface area (Å²) in [6, 6.07) is -8.54. The number of likely N-dealkylation sites (tertiary alicyclic amines) is 1. The molecule has 24 nitrogen and oxygen atoms in total. The lowest BCUT2D eigenvalue weighted by Crippen LogP contribution is -2.65. The molecular formula is C69H112ClF3N12O12. The van der Waals surface area contributed by atoms with Crippen LogP contribution in [-0.4, -0.2) is 263 Å². The molecule has 0 aromatic rings. The zero-order chi connectivity index (χ0) is 72.0. The van der Waals surface area contributed by atoms with Gasteiger partial charge in [-0.3, -0.25) is 57.5 Å². The van der Waals surface area contributed by atoms with E-state index in [1.54, 1.807) is 18.7 Å². The highest BCUT2D eigenvalue weighted by atomic mass is 35.5. The summed E-state index contributed by atoms with van der Waals surface area (Å²) in [5, 5.41) is 7.56. The normalized spacial score (nSPS) is 29.5. The molecule has 0 aromatic heterocycles. The van der Waals surface area contributed by atoms with Crippen LogP contribution >= 0.6 is 11.6 Å². The number of carbonyl (C=O) groups excluding carboxylic acids is 12. The predicted octanol–water partition coefficient (Wildman–Crippen LogP) is 5.31. The molecule has 548 valence electrons. The lowest BCUT2D eigenvalue weighted by atomic mass is 9.78. The van der Waals surface area contributed by atoms with Crippen molar-refractivity contribution in [2.24, 2.45) is 29.6 Å². The Morgan fingerprint density at radius 2 is 1.21 bits per heavy atom. The summed E-state index contributed by atoms with van der Waals surface area (Å²) in [5.41, 5.74) is -1.55. The topological polar surface area (TPSA) is 270 Å². The highest BCUT2D eigenvalue weighted by Crippen LogP contribution is 2.44. The van der Waals surface area contributed by atoms with Crippen molar-refractivity contribution in [2.45, 2.75) is 248 Å².